The number of sulfonamides is 1. The Hall–Kier alpha value is -1.43. The first-order chi connectivity index (χ1) is 11.4. The lowest BCUT2D eigenvalue weighted by molar-refractivity contribution is -0.385. The number of piperidine rings is 1. The van der Waals surface area contributed by atoms with E-state index in [1.165, 1.54) is 0 Å². The molecule has 7 nitrogen and oxygen atoms in total. The lowest BCUT2D eigenvalue weighted by atomic mass is 9.93. The van der Waals surface area contributed by atoms with Crippen LogP contribution in [0.4, 0.5) is 18.9 Å². The van der Waals surface area contributed by atoms with E-state index >= 15 is 0 Å². The van der Waals surface area contributed by atoms with Gasteiger partial charge in [-0.3, -0.25) is 10.1 Å². The van der Waals surface area contributed by atoms with Crippen LogP contribution in [-0.4, -0.2) is 36.8 Å². The molecule has 1 aliphatic rings. The number of nitro benzene ring substituents is 1. The Balaban J connectivity index is 0.00000338. The van der Waals surface area contributed by atoms with Gasteiger partial charge in [0.1, 0.15) is 0 Å². The highest BCUT2D eigenvalue weighted by molar-refractivity contribution is 7.89. The van der Waals surface area contributed by atoms with Crippen LogP contribution in [0, 0.1) is 16.0 Å². The van der Waals surface area contributed by atoms with Gasteiger partial charge in [-0.05, 0) is 31.7 Å². The van der Waals surface area contributed by atoms with Gasteiger partial charge in [-0.1, -0.05) is 0 Å². The standard InChI is InChI=1S/C14H18F3N3O4S.ClH/c1-9(18)10-3-2-6-19(8-10)25(23,24)13-5-4-11(20(21)22)7-12(13)14(15,16)17;/h4-5,7,9-10H,2-3,6,8,18H2,1H3;1H. The number of nitro groups is 1. The molecule has 0 amide bonds. The lowest BCUT2D eigenvalue weighted by Crippen LogP contribution is -2.45. The highest BCUT2D eigenvalue weighted by Gasteiger charge is 2.41. The van der Waals surface area contributed by atoms with E-state index in [-0.39, 0.29) is 43.5 Å². The van der Waals surface area contributed by atoms with Crippen LogP contribution in [0.5, 0.6) is 0 Å². The van der Waals surface area contributed by atoms with Crippen LogP contribution in [-0.2, 0) is 16.2 Å². The van der Waals surface area contributed by atoms with Crippen molar-refractivity contribution in [2.45, 2.75) is 36.9 Å². The minimum atomic E-state index is -5.04. The van der Waals surface area contributed by atoms with Gasteiger partial charge >= 0.3 is 6.18 Å². The molecule has 0 saturated carbocycles. The third-order valence-corrected chi connectivity index (χ3v) is 6.18. The van der Waals surface area contributed by atoms with Gasteiger partial charge in [0.15, 0.2) is 0 Å². The molecule has 1 heterocycles. The molecule has 1 aliphatic heterocycles. The summed E-state index contributed by atoms with van der Waals surface area (Å²) in [4.78, 5) is 8.75. The van der Waals surface area contributed by atoms with Crippen LogP contribution in [0.25, 0.3) is 0 Å². The molecule has 2 atom stereocenters. The van der Waals surface area contributed by atoms with Crippen molar-refractivity contribution in [2.75, 3.05) is 13.1 Å². The fourth-order valence-corrected chi connectivity index (χ4v) is 4.57. The minimum absolute atomic E-state index is 0. The van der Waals surface area contributed by atoms with Crippen LogP contribution in [0.2, 0.25) is 0 Å². The SMILES string of the molecule is CC(N)C1CCCN(S(=O)(=O)c2ccc([N+](=O)[O-])cc2C(F)(F)F)C1.Cl. The van der Waals surface area contributed by atoms with Crippen LogP contribution in [0.3, 0.4) is 0 Å². The first-order valence-corrected chi connectivity index (χ1v) is 9.00. The van der Waals surface area contributed by atoms with Gasteiger partial charge in [-0.15, -0.1) is 12.4 Å². The monoisotopic (exact) mass is 417 g/mol. The normalized spacial score (nSPS) is 20.3. The first kappa shape index (κ1) is 22.6. The van der Waals surface area contributed by atoms with Crippen molar-refractivity contribution in [3.05, 3.63) is 33.9 Å². The maximum Gasteiger partial charge on any atom is 0.417 e. The summed E-state index contributed by atoms with van der Waals surface area (Å²) in [6.45, 7) is 1.82. The molecule has 26 heavy (non-hydrogen) atoms. The number of non-ortho nitro benzene ring substituents is 1. The van der Waals surface area contributed by atoms with Crippen molar-refractivity contribution in [3.8, 4) is 0 Å². The van der Waals surface area contributed by atoms with Gasteiger partial charge < -0.3 is 5.73 Å². The molecular weight excluding hydrogens is 399 g/mol. The number of alkyl halides is 3. The molecule has 1 aromatic rings. The van der Waals surface area contributed by atoms with E-state index in [4.69, 9.17) is 5.73 Å². The first-order valence-electron chi connectivity index (χ1n) is 7.56. The maximum absolute atomic E-state index is 13.3. The smallest absolute Gasteiger partial charge is 0.328 e. The molecule has 0 bridgehead atoms. The van der Waals surface area contributed by atoms with E-state index in [2.05, 4.69) is 0 Å². The highest BCUT2D eigenvalue weighted by Crippen LogP contribution is 2.38. The van der Waals surface area contributed by atoms with E-state index < -0.39 is 37.3 Å². The predicted molar refractivity (Wildman–Crippen MR) is 90.5 cm³/mol. The van der Waals surface area contributed by atoms with Crippen LogP contribution >= 0.6 is 12.4 Å². The molecule has 12 heteroatoms. The average molecular weight is 418 g/mol. The number of hydrogen-bond acceptors (Lipinski definition) is 5. The second-order valence-electron chi connectivity index (χ2n) is 6.06. The van der Waals surface area contributed by atoms with Gasteiger partial charge in [0, 0.05) is 31.3 Å². The van der Waals surface area contributed by atoms with Gasteiger partial charge in [0.2, 0.25) is 10.0 Å². The Morgan fingerprint density at radius 2 is 2.00 bits per heavy atom. The molecule has 0 aliphatic carbocycles. The zero-order valence-corrected chi connectivity index (χ0v) is 15.4. The van der Waals surface area contributed by atoms with Gasteiger partial charge in [0.05, 0.1) is 15.4 Å². The summed E-state index contributed by atoms with van der Waals surface area (Å²) in [5.74, 6) is -0.157. The zero-order chi connectivity index (χ0) is 19.0. The summed E-state index contributed by atoms with van der Waals surface area (Å²) in [5, 5.41) is 10.7. The molecule has 0 aromatic heterocycles. The fraction of sp³-hybridized carbons (Fsp3) is 0.571. The van der Waals surface area contributed by atoms with Crippen molar-refractivity contribution < 1.29 is 26.5 Å². The number of halogens is 4. The Morgan fingerprint density at radius 3 is 2.50 bits per heavy atom. The molecular formula is C14H19ClF3N3O4S. The van der Waals surface area contributed by atoms with Crippen molar-refractivity contribution in [2.24, 2.45) is 11.7 Å². The Morgan fingerprint density at radius 1 is 1.38 bits per heavy atom. The molecule has 2 N–H and O–H groups in total. The number of hydrogen-bond donors (Lipinski definition) is 1. The van der Waals surface area contributed by atoms with Gasteiger partial charge in [0.25, 0.3) is 5.69 Å². The zero-order valence-electron chi connectivity index (χ0n) is 13.8. The van der Waals surface area contributed by atoms with Crippen molar-refractivity contribution in [3.63, 3.8) is 0 Å². The van der Waals surface area contributed by atoms with Gasteiger partial charge in [-0.25, -0.2) is 8.42 Å². The average Bonchev–Trinajstić information content (AvgIpc) is 2.53. The summed E-state index contributed by atoms with van der Waals surface area (Å²) in [5.41, 5.74) is 3.43. The largest absolute Gasteiger partial charge is 0.417 e. The molecule has 2 unspecified atom stereocenters. The third-order valence-electron chi connectivity index (χ3n) is 4.26. The lowest BCUT2D eigenvalue weighted by Gasteiger charge is -2.34. The molecule has 1 saturated heterocycles. The Kier molecular flexibility index (Phi) is 7.02. The summed E-state index contributed by atoms with van der Waals surface area (Å²) < 4.78 is 66.2. The number of benzene rings is 1. The number of nitrogens with zero attached hydrogens (tertiary/aromatic N) is 2. The van der Waals surface area contributed by atoms with E-state index in [1.807, 2.05) is 0 Å². The molecule has 0 spiro atoms. The number of nitrogens with two attached hydrogens (primary N) is 1. The molecule has 1 aromatic carbocycles. The van der Waals surface area contributed by atoms with Gasteiger partial charge in [-0.2, -0.15) is 17.5 Å². The summed E-state index contributed by atoms with van der Waals surface area (Å²) in [6.07, 6.45) is -3.86. The maximum atomic E-state index is 13.3. The second kappa shape index (κ2) is 8.07. The Labute approximate surface area is 155 Å². The molecule has 148 valence electrons. The van der Waals surface area contributed by atoms with Crippen LogP contribution < -0.4 is 5.73 Å². The van der Waals surface area contributed by atoms with E-state index in [0.717, 1.165) is 10.4 Å². The minimum Gasteiger partial charge on any atom is -0.328 e. The predicted octanol–water partition coefficient (Wildman–Crippen LogP) is 2.78. The van der Waals surface area contributed by atoms with E-state index in [1.54, 1.807) is 6.92 Å². The van der Waals surface area contributed by atoms with E-state index in [0.29, 0.717) is 18.9 Å². The van der Waals surface area contributed by atoms with Crippen LogP contribution in [0.1, 0.15) is 25.3 Å². The molecule has 1 fully saturated rings. The van der Waals surface area contributed by atoms with Crippen LogP contribution in [0.15, 0.2) is 23.1 Å². The van der Waals surface area contributed by atoms with Crippen molar-refractivity contribution >= 4 is 28.1 Å². The second-order valence-corrected chi connectivity index (χ2v) is 7.97. The summed E-state index contributed by atoms with van der Waals surface area (Å²) in [6, 6.07) is 1.36. The fourth-order valence-electron chi connectivity index (χ4n) is 2.84. The highest BCUT2D eigenvalue weighted by atomic mass is 35.5. The summed E-state index contributed by atoms with van der Waals surface area (Å²) in [7, 11) is -4.45. The quantitative estimate of drug-likeness (QED) is 0.598. The molecule has 2 rings (SSSR count). The summed E-state index contributed by atoms with van der Waals surface area (Å²) >= 11 is 0. The van der Waals surface area contributed by atoms with Crippen molar-refractivity contribution in [1.29, 1.82) is 0 Å². The third kappa shape index (κ3) is 4.64. The van der Waals surface area contributed by atoms with Crippen molar-refractivity contribution in [1.82, 2.24) is 4.31 Å². The topological polar surface area (TPSA) is 107 Å². The molecule has 0 radical (unpaired) electrons. The van der Waals surface area contributed by atoms with E-state index in [9.17, 15) is 31.7 Å². The Bertz CT molecular complexity index is 771. The number of rotatable bonds is 4.